The SMILES string of the molecule is CN(C)C(=S)[S-].CN(C)C(=S)[S-].[Ni+2].[Ni+2]. The standard InChI is InChI=1S/2C3H7NS2.2Ni/c2*1-4(2)3(5)6;;/h2*1-2H3,(H,5,6);;/q;;2*+2/p-2. The summed E-state index contributed by atoms with van der Waals surface area (Å²) < 4.78 is 1.02. The number of hydrogen-bond donors (Lipinski definition) is 0. The Kier molecular flexibility index (Phi) is 24.8. The molecule has 0 amide bonds. The number of hydrogen-bond acceptors (Lipinski definition) is 4. The van der Waals surface area contributed by atoms with Gasteiger partial charge in [0.25, 0.3) is 0 Å². The van der Waals surface area contributed by atoms with Crippen LogP contribution in [0.25, 0.3) is 0 Å². The molecule has 0 spiro atoms. The van der Waals surface area contributed by atoms with Crippen LogP contribution >= 0.6 is 24.4 Å². The fourth-order valence-corrected chi connectivity index (χ4v) is 0. The van der Waals surface area contributed by atoms with Crippen molar-refractivity contribution in [3.63, 3.8) is 0 Å². The molecule has 0 saturated carbocycles. The minimum atomic E-state index is 0. The van der Waals surface area contributed by atoms with Crippen LogP contribution in [0, 0.1) is 0 Å². The van der Waals surface area contributed by atoms with E-state index < -0.39 is 0 Å². The molecule has 8 heteroatoms. The number of rotatable bonds is 0. The maximum atomic E-state index is 4.56. The third kappa shape index (κ3) is 23.2. The Labute approximate surface area is 128 Å². The van der Waals surface area contributed by atoms with Gasteiger partial charge in [-0.2, -0.15) is 0 Å². The van der Waals surface area contributed by atoms with Crippen molar-refractivity contribution < 1.29 is 33.0 Å². The summed E-state index contributed by atoms with van der Waals surface area (Å²) in [5.41, 5.74) is 0. The van der Waals surface area contributed by atoms with E-state index in [-0.39, 0.29) is 33.0 Å². The van der Waals surface area contributed by atoms with E-state index in [4.69, 9.17) is 0 Å². The van der Waals surface area contributed by atoms with Gasteiger partial charge >= 0.3 is 33.0 Å². The van der Waals surface area contributed by atoms with E-state index in [0.29, 0.717) is 8.64 Å². The van der Waals surface area contributed by atoms with E-state index in [1.165, 1.54) is 0 Å². The largest absolute Gasteiger partial charge is 2.00 e. The summed E-state index contributed by atoms with van der Waals surface area (Å²) in [7, 11) is 7.31. The second kappa shape index (κ2) is 14.2. The zero-order valence-corrected chi connectivity index (χ0v) is 13.4. The summed E-state index contributed by atoms with van der Waals surface area (Å²) in [6, 6.07) is 0. The predicted octanol–water partition coefficient (Wildman–Crippen LogP) is 0.755. The van der Waals surface area contributed by atoms with Gasteiger partial charge in [0.1, 0.15) is 0 Å². The molecule has 0 fully saturated rings. The molecule has 0 atom stereocenters. The van der Waals surface area contributed by atoms with E-state index in [9.17, 15) is 0 Å². The molecule has 0 rings (SSSR count). The van der Waals surface area contributed by atoms with Crippen LogP contribution in [-0.2, 0) is 58.2 Å². The fourth-order valence-electron chi connectivity index (χ4n) is 0. The zero-order chi connectivity index (χ0) is 10.3. The van der Waals surface area contributed by atoms with Crippen LogP contribution in [0.15, 0.2) is 0 Å². The van der Waals surface area contributed by atoms with Gasteiger partial charge in [-0.1, -0.05) is 8.64 Å². The molecule has 0 saturated heterocycles. The predicted molar refractivity (Wildman–Crippen MR) is 67.3 cm³/mol. The first-order valence-corrected chi connectivity index (χ1v) is 4.69. The summed E-state index contributed by atoms with van der Waals surface area (Å²) in [5.74, 6) is 0. The summed E-state index contributed by atoms with van der Waals surface area (Å²) in [4.78, 5) is 3.43. The molecule has 88 valence electrons. The molecule has 0 bridgehead atoms. The van der Waals surface area contributed by atoms with Crippen LogP contribution < -0.4 is 0 Å². The van der Waals surface area contributed by atoms with Crippen molar-refractivity contribution in [1.29, 1.82) is 0 Å². The van der Waals surface area contributed by atoms with E-state index in [1.54, 1.807) is 9.80 Å². The second-order valence-electron chi connectivity index (χ2n) is 2.32. The Balaban J connectivity index is -0.0000000625. The zero-order valence-electron chi connectivity index (χ0n) is 8.16. The topological polar surface area (TPSA) is 6.48 Å². The molecule has 0 heterocycles. The van der Waals surface area contributed by atoms with Gasteiger partial charge < -0.3 is 59.5 Å². The van der Waals surface area contributed by atoms with Gasteiger partial charge in [-0.3, -0.25) is 0 Å². The van der Waals surface area contributed by atoms with E-state index in [2.05, 4.69) is 49.7 Å². The van der Waals surface area contributed by atoms with Gasteiger partial charge in [0, 0.05) is 28.2 Å². The van der Waals surface area contributed by atoms with Crippen molar-refractivity contribution in [1.82, 2.24) is 9.80 Å². The summed E-state index contributed by atoms with van der Waals surface area (Å²) >= 11 is 18.2. The molecule has 0 aromatic rings. The molecular weight excluding hydrogens is 346 g/mol. The Hall–Kier alpha value is 1.21. The molecule has 0 N–H and O–H groups in total. The van der Waals surface area contributed by atoms with Gasteiger partial charge in [0.05, 0.1) is 0 Å². The fraction of sp³-hybridized carbons (Fsp3) is 0.667. The van der Waals surface area contributed by atoms with Crippen LogP contribution in [0.4, 0.5) is 0 Å². The molecule has 0 aliphatic rings. The van der Waals surface area contributed by atoms with Gasteiger partial charge in [-0.15, -0.1) is 0 Å². The Bertz CT molecular complexity index is 146. The van der Waals surface area contributed by atoms with E-state index in [0.717, 1.165) is 0 Å². The van der Waals surface area contributed by atoms with Gasteiger partial charge in [0.2, 0.25) is 0 Å². The average molecular weight is 358 g/mol. The first-order chi connectivity index (χ1) is 5.29. The summed E-state index contributed by atoms with van der Waals surface area (Å²) in [6.07, 6.45) is 0. The first-order valence-electron chi connectivity index (χ1n) is 3.05. The molecule has 2 nitrogen and oxygen atoms in total. The molecule has 0 radical (unpaired) electrons. The molecule has 0 aromatic heterocycles. The Morgan fingerprint density at radius 3 is 0.857 bits per heavy atom. The number of thiocarbonyl (C=S) groups is 2. The molecule has 0 aliphatic carbocycles. The molecule has 0 unspecified atom stereocenters. The second-order valence-corrected chi connectivity index (χ2v) is 4.38. The van der Waals surface area contributed by atoms with E-state index in [1.807, 2.05) is 28.2 Å². The minimum Gasteiger partial charge on any atom is -0.411 e. The van der Waals surface area contributed by atoms with Gasteiger partial charge in [-0.25, -0.2) is 0 Å². The Morgan fingerprint density at radius 2 is 0.857 bits per heavy atom. The van der Waals surface area contributed by atoms with Crippen LogP contribution in [0.3, 0.4) is 0 Å². The third-order valence-corrected chi connectivity index (χ3v) is 2.19. The maximum Gasteiger partial charge on any atom is 2.00 e. The van der Waals surface area contributed by atoms with Crippen LogP contribution in [0.2, 0.25) is 0 Å². The Morgan fingerprint density at radius 1 is 0.786 bits per heavy atom. The summed E-state index contributed by atoms with van der Waals surface area (Å²) in [5, 5.41) is 0. The monoisotopic (exact) mass is 356 g/mol. The molecule has 14 heavy (non-hydrogen) atoms. The molecule has 0 aliphatic heterocycles. The quantitative estimate of drug-likeness (QED) is 0.356. The van der Waals surface area contributed by atoms with Crippen LogP contribution in [0.1, 0.15) is 0 Å². The van der Waals surface area contributed by atoms with Crippen molar-refractivity contribution in [2.24, 2.45) is 0 Å². The maximum absolute atomic E-state index is 4.56. The van der Waals surface area contributed by atoms with Gasteiger partial charge in [0.15, 0.2) is 0 Å². The van der Waals surface area contributed by atoms with Crippen molar-refractivity contribution >= 4 is 58.3 Å². The van der Waals surface area contributed by atoms with Gasteiger partial charge in [-0.05, 0) is 0 Å². The molecular formula is C6H12N2Ni2S4+2. The van der Waals surface area contributed by atoms with Crippen LogP contribution in [0.5, 0.6) is 0 Å². The van der Waals surface area contributed by atoms with Crippen molar-refractivity contribution in [3.8, 4) is 0 Å². The normalized spacial score (nSPS) is 6.57. The minimum absolute atomic E-state index is 0. The van der Waals surface area contributed by atoms with Crippen molar-refractivity contribution in [2.45, 2.75) is 0 Å². The first kappa shape index (κ1) is 24.4. The smallest absolute Gasteiger partial charge is 0.411 e. The number of nitrogens with zero attached hydrogens (tertiary/aromatic N) is 2. The van der Waals surface area contributed by atoms with Crippen LogP contribution in [-0.4, -0.2) is 46.6 Å². The molecule has 0 aromatic carbocycles. The average Bonchev–Trinajstić information content (AvgIpc) is 1.88. The third-order valence-electron chi connectivity index (χ3n) is 0.730. The van der Waals surface area contributed by atoms with E-state index >= 15 is 0 Å². The van der Waals surface area contributed by atoms with Crippen molar-refractivity contribution in [2.75, 3.05) is 28.2 Å². The summed E-state index contributed by atoms with van der Waals surface area (Å²) in [6.45, 7) is 0. The van der Waals surface area contributed by atoms with Crippen molar-refractivity contribution in [3.05, 3.63) is 0 Å².